The Morgan fingerprint density at radius 2 is 1.66 bits per heavy atom. The Morgan fingerprint density at radius 1 is 0.971 bits per heavy atom. The van der Waals surface area contributed by atoms with Crippen molar-refractivity contribution in [2.24, 2.45) is 0 Å². The molecule has 10 nitrogen and oxygen atoms in total. The van der Waals surface area contributed by atoms with E-state index in [0.29, 0.717) is 18.0 Å². The third-order valence-electron chi connectivity index (χ3n) is 5.81. The number of benzene rings is 2. The van der Waals surface area contributed by atoms with Crippen molar-refractivity contribution >= 4 is 35.4 Å². The van der Waals surface area contributed by atoms with Crippen molar-refractivity contribution in [2.75, 3.05) is 18.1 Å². The molecule has 35 heavy (non-hydrogen) atoms. The number of nitrogens with zero attached hydrogens (tertiary/aromatic N) is 1. The lowest BCUT2D eigenvalue weighted by Gasteiger charge is -2.14. The highest BCUT2D eigenvalue weighted by Gasteiger charge is 2.37. The van der Waals surface area contributed by atoms with E-state index in [1.807, 2.05) is 6.92 Å². The molecule has 0 saturated heterocycles. The number of fused-ring (bicyclic) bond motifs is 1. The molecule has 1 fully saturated rings. The molecule has 0 spiro atoms. The number of anilines is 1. The molecule has 1 aliphatic carbocycles. The molecule has 1 heterocycles. The van der Waals surface area contributed by atoms with Crippen LogP contribution in [0.15, 0.2) is 42.5 Å². The SMILES string of the molecule is CCOc1ccc(N2C(=O)c3ccc(C(=O)OCC(=O)NC(=O)NC4CCCC4)cc3C2=O)cc1. The number of carbonyl (C=O) groups excluding carboxylic acids is 5. The third kappa shape index (κ3) is 5.32. The minimum absolute atomic E-state index is 0.00153. The van der Waals surface area contributed by atoms with Gasteiger partial charge in [0.15, 0.2) is 6.61 Å². The molecule has 5 amide bonds. The van der Waals surface area contributed by atoms with Gasteiger partial charge in [-0.25, -0.2) is 14.5 Å². The summed E-state index contributed by atoms with van der Waals surface area (Å²) in [7, 11) is 0. The first kappa shape index (κ1) is 23.9. The first-order valence-corrected chi connectivity index (χ1v) is 11.4. The maximum atomic E-state index is 12.9. The molecule has 2 aromatic carbocycles. The Hall–Kier alpha value is -4.21. The predicted octanol–water partition coefficient (Wildman–Crippen LogP) is 2.81. The van der Waals surface area contributed by atoms with Crippen molar-refractivity contribution in [3.05, 3.63) is 59.2 Å². The number of imide groups is 2. The monoisotopic (exact) mass is 479 g/mol. The maximum absolute atomic E-state index is 12.9. The molecule has 1 saturated carbocycles. The van der Waals surface area contributed by atoms with Gasteiger partial charge in [0.25, 0.3) is 17.7 Å². The number of esters is 1. The van der Waals surface area contributed by atoms with E-state index in [4.69, 9.17) is 9.47 Å². The molecule has 0 radical (unpaired) electrons. The first-order chi connectivity index (χ1) is 16.9. The number of nitrogens with one attached hydrogen (secondary N) is 2. The van der Waals surface area contributed by atoms with E-state index in [1.165, 1.54) is 18.2 Å². The lowest BCUT2D eigenvalue weighted by atomic mass is 10.1. The van der Waals surface area contributed by atoms with Gasteiger partial charge in [0.1, 0.15) is 5.75 Å². The zero-order chi connectivity index (χ0) is 24.9. The fraction of sp³-hybridized carbons (Fsp3) is 0.320. The second-order valence-electron chi connectivity index (χ2n) is 8.21. The molecule has 2 N–H and O–H groups in total. The highest BCUT2D eigenvalue weighted by atomic mass is 16.5. The van der Waals surface area contributed by atoms with Crippen LogP contribution in [0.3, 0.4) is 0 Å². The fourth-order valence-corrected chi connectivity index (χ4v) is 4.13. The van der Waals surface area contributed by atoms with Crippen molar-refractivity contribution < 1.29 is 33.4 Å². The molecule has 1 aliphatic heterocycles. The Kier molecular flexibility index (Phi) is 7.09. The molecule has 0 atom stereocenters. The van der Waals surface area contributed by atoms with E-state index in [-0.39, 0.29) is 22.7 Å². The number of hydrogen-bond acceptors (Lipinski definition) is 7. The number of ether oxygens (including phenoxy) is 2. The zero-order valence-electron chi connectivity index (χ0n) is 19.2. The molecule has 0 unspecified atom stereocenters. The number of rotatable bonds is 7. The molecule has 2 aromatic rings. The van der Waals surface area contributed by atoms with Crippen LogP contribution in [0.5, 0.6) is 5.75 Å². The summed E-state index contributed by atoms with van der Waals surface area (Å²) in [5.74, 6) is -2.12. The van der Waals surface area contributed by atoms with E-state index in [9.17, 15) is 24.0 Å². The average molecular weight is 479 g/mol. The topological polar surface area (TPSA) is 131 Å². The van der Waals surface area contributed by atoms with Crippen LogP contribution in [0.2, 0.25) is 0 Å². The highest BCUT2D eigenvalue weighted by Crippen LogP contribution is 2.30. The summed E-state index contributed by atoms with van der Waals surface area (Å²) >= 11 is 0. The molecule has 0 aromatic heterocycles. The van der Waals surface area contributed by atoms with E-state index in [2.05, 4.69) is 10.6 Å². The van der Waals surface area contributed by atoms with Gasteiger partial charge in [-0.15, -0.1) is 0 Å². The standard InChI is InChI=1S/C25H25N3O7/c1-2-34-18-10-8-17(9-11-18)28-22(30)19-12-7-15(13-20(19)23(28)31)24(32)35-14-21(29)27-25(33)26-16-5-3-4-6-16/h7-13,16H,2-6,14H2,1H3,(H2,26,27,29,33). The Bertz CT molecular complexity index is 1170. The molecule has 0 bridgehead atoms. The van der Waals surface area contributed by atoms with Crippen molar-refractivity contribution in [3.63, 3.8) is 0 Å². The van der Waals surface area contributed by atoms with E-state index in [1.54, 1.807) is 24.3 Å². The summed E-state index contributed by atoms with van der Waals surface area (Å²) in [6, 6.07) is 9.90. The summed E-state index contributed by atoms with van der Waals surface area (Å²) in [6.45, 7) is 1.67. The van der Waals surface area contributed by atoms with Gasteiger partial charge < -0.3 is 14.8 Å². The highest BCUT2D eigenvalue weighted by molar-refractivity contribution is 6.34. The minimum Gasteiger partial charge on any atom is -0.494 e. The van der Waals surface area contributed by atoms with Crippen LogP contribution < -0.4 is 20.3 Å². The minimum atomic E-state index is -0.862. The summed E-state index contributed by atoms with van der Waals surface area (Å²) in [4.78, 5) is 63.0. The van der Waals surface area contributed by atoms with Crippen LogP contribution in [0.1, 0.15) is 63.7 Å². The van der Waals surface area contributed by atoms with Crippen LogP contribution in [-0.4, -0.2) is 49.0 Å². The zero-order valence-corrected chi connectivity index (χ0v) is 19.2. The normalized spacial score (nSPS) is 15.1. The quantitative estimate of drug-likeness (QED) is 0.461. The number of hydrogen-bond donors (Lipinski definition) is 2. The molecule has 4 rings (SSSR count). The third-order valence-corrected chi connectivity index (χ3v) is 5.81. The van der Waals surface area contributed by atoms with Gasteiger partial charge >= 0.3 is 12.0 Å². The van der Waals surface area contributed by atoms with Gasteiger partial charge in [0.05, 0.1) is 29.0 Å². The second-order valence-corrected chi connectivity index (χ2v) is 8.21. The molecule has 182 valence electrons. The molecule has 2 aliphatic rings. The van der Waals surface area contributed by atoms with Gasteiger partial charge in [-0.3, -0.25) is 19.7 Å². The smallest absolute Gasteiger partial charge is 0.338 e. The predicted molar refractivity (Wildman–Crippen MR) is 124 cm³/mol. The average Bonchev–Trinajstić information content (AvgIpc) is 3.44. The van der Waals surface area contributed by atoms with Crippen LogP contribution in [0.4, 0.5) is 10.5 Å². The van der Waals surface area contributed by atoms with E-state index < -0.39 is 36.3 Å². The van der Waals surface area contributed by atoms with Gasteiger partial charge in [-0.2, -0.15) is 0 Å². The number of urea groups is 1. The first-order valence-electron chi connectivity index (χ1n) is 11.4. The maximum Gasteiger partial charge on any atom is 0.338 e. The van der Waals surface area contributed by atoms with Crippen molar-refractivity contribution in [3.8, 4) is 5.75 Å². The van der Waals surface area contributed by atoms with Crippen molar-refractivity contribution in [2.45, 2.75) is 38.6 Å². The van der Waals surface area contributed by atoms with Gasteiger partial charge in [0.2, 0.25) is 0 Å². The summed E-state index contributed by atoms with van der Waals surface area (Å²) in [6.07, 6.45) is 3.80. The van der Waals surface area contributed by atoms with Crippen molar-refractivity contribution in [1.82, 2.24) is 10.6 Å². The second kappa shape index (κ2) is 10.4. The molecular formula is C25H25N3O7. The van der Waals surface area contributed by atoms with E-state index >= 15 is 0 Å². The van der Waals surface area contributed by atoms with E-state index in [0.717, 1.165) is 30.6 Å². The van der Waals surface area contributed by atoms with Crippen molar-refractivity contribution in [1.29, 1.82) is 0 Å². The largest absolute Gasteiger partial charge is 0.494 e. The van der Waals surface area contributed by atoms with Crippen LogP contribution in [-0.2, 0) is 9.53 Å². The van der Waals surface area contributed by atoms with Crippen LogP contribution in [0.25, 0.3) is 0 Å². The Labute approximate surface area is 201 Å². The number of carbonyl (C=O) groups is 5. The van der Waals surface area contributed by atoms with Gasteiger partial charge in [-0.05, 0) is 62.2 Å². The lowest BCUT2D eigenvalue weighted by Crippen LogP contribution is -2.45. The summed E-state index contributed by atoms with van der Waals surface area (Å²) < 4.78 is 10.4. The summed E-state index contributed by atoms with van der Waals surface area (Å²) in [5.41, 5.74) is 0.582. The molecule has 10 heteroatoms. The lowest BCUT2D eigenvalue weighted by molar-refractivity contribution is -0.123. The molecular weight excluding hydrogens is 454 g/mol. The van der Waals surface area contributed by atoms with Crippen LogP contribution >= 0.6 is 0 Å². The number of amides is 5. The van der Waals surface area contributed by atoms with Gasteiger partial charge in [-0.1, -0.05) is 12.8 Å². The fourth-order valence-electron chi connectivity index (χ4n) is 4.13. The summed E-state index contributed by atoms with van der Waals surface area (Å²) in [5, 5.41) is 4.82. The van der Waals surface area contributed by atoms with Gasteiger partial charge in [0, 0.05) is 6.04 Å². The Balaban J connectivity index is 1.37. The van der Waals surface area contributed by atoms with Crippen LogP contribution in [0, 0.1) is 0 Å². The Morgan fingerprint density at radius 3 is 2.34 bits per heavy atom.